The Bertz CT molecular complexity index is 341. The monoisotopic (exact) mass is 279 g/mol. The molecule has 116 valence electrons. The third kappa shape index (κ3) is 2.77. The highest BCUT2D eigenvalue weighted by atomic mass is 15.3. The van der Waals surface area contributed by atoms with Gasteiger partial charge in [-0.15, -0.1) is 0 Å². The lowest BCUT2D eigenvalue weighted by Crippen LogP contribution is -2.40. The van der Waals surface area contributed by atoms with Crippen molar-refractivity contribution in [3.63, 3.8) is 0 Å². The smallest absolute Gasteiger partial charge is 0.0235 e. The molecule has 0 bridgehead atoms. The lowest BCUT2D eigenvalue weighted by atomic mass is 9.86. The molecule has 0 radical (unpaired) electrons. The molecule has 3 fully saturated rings. The van der Waals surface area contributed by atoms with Gasteiger partial charge in [-0.25, -0.2) is 0 Å². The summed E-state index contributed by atoms with van der Waals surface area (Å²) in [5.74, 6) is 0. The fourth-order valence-electron chi connectivity index (χ4n) is 4.56. The van der Waals surface area contributed by atoms with Crippen LogP contribution in [-0.4, -0.2) is 72.1 Å². The summed E-state index contributed by atoms with van der Waals surface area (Å²) in [6.07, 6.45) is 4.26. The molecule has 3 saturated heterocycles. The number of rotatable bonds is 3. The molecule has 3 aliphatic heterocycles. The van der Waals surface area contributed by atoms with E-state index in [0.717, 1.165) is 18.1 Å². The maximum Gasteiger partial charge on any atom is 0.0235 e. The predicted molar refractivity (Wildman–Crippen MR) is 85.1 cm³/mol. The largest absolute Gasteiger partial charge is 0.300 e. The molecular formula is C17H33N3. The molecule has 2 atom stereocenters. The van der Waals surface area contributed by atoms with Crippen LogP contribution in [0, 0.1) is 5.41 Å². The van der Waals surface area contributed by atoms with Crippen molar-refractivity contribution in [3.05, 3.63) is 0 Å². The summed E-state index contributed by atoms with van der Waals surface area (Å²) >= 11 is 0. The molecule has 3 rings (SSSR count). The third-order valence-corrected chi connectivity index (χ3v) is 6.11. The molecule has 0 saturated carbocycles. The first kappa shape index (κ1) is 14.8. The molecule has 3 heterocycles. The second-order valence-corrected chi connectivity index (χ2v) is 8.07. The second kappa shape index (κ2) is 5.58. The highest BCUT2D eigenvalue weighted by molar-refractivity contribution is 5.00. The molecule has 3 nitrogen and oxygen atoms in total. The average molecular weight is 279 g/mol. The van der Waals surface area contributed by atoms with Gasteiger partial charge in [0, 0.05) is 44.3 Å². The van der Waals surface area contributed by atoms with Crippen molar-refractivity contribution in [3.8, 4) is 0 Å². The highest BCUT2D eigenvalue weighted by Crippen LogP contribution is 2.41. The number of nitrogens with zero attached hydrogens (tertiary/aromatic N) is 3. The standard InChI is InChI=1S/C17H33N3/c1-14(2)18-8-5-16(11-18)20-10-7-17(13-20)6-9-19(12-17)15(3)4/h14-16H,5-13H2,1-4H3. The summed E-state index contributed by atoms with van der Waals surface area (Å²) in [6.45, 7) is 17.4. The van der Waals surface area contributed by atoms with Crippen LogP contribution in [-0.2, 0) is 0 Å². The first-order valence-electron chi connectivity index (χ1n) is 8.71. The Labute approximate surface area is 125 Å². The molecule has 1 spiro atoms. The average Bonchev–Trinajstić information content (AvgIpc) is 3.10. The van der Waals surface area contributed by atoms with Crippen LogP contribution in [0.15, 0.2) is 0 Å². The van der Waals surface area contributed by atoms with E-state index in [0.29, 0.717) is 5.41 Å². The Kier molecular flexibility index (Phi) is 4.13. The molecule has 2 unspecified atom stereocenters. The van der Waals surface area contributed by atoms with Crippen molar-refractivity contribution in [1.29, 1.82) is 0 Å². The SMILES string of the molecule is CC(C)N1CCC(N2CCC3(CCN(C(C)C)C3)C2)C1. The molecule has 3 heteroatoms. The van der Waals surface area contributed by atoms with Crippen molar-refractivity contribution in [2.45, 2.75) is 65.1 Å². The summed E-state index contributed by atoms with van der Waals surface area (Å²) < 4.78 is 0. The van der Waals surface area contributed by atoms with Gasteiger partial charge in [0.2, 0.25) is 0 Å². The van der Waals surface area contributed by atoms with Crippen molar-refractivity contribution >= 4 is 0 Å². The Morgan fingerprint density at radius 1 is 0.850 bits per heavy atom. The van der Waals surface area contributed by atoms with Crippen LogP contribution in [0.2, 0.25) is 0 Å². The molecule has 0 aromatic heterocycles. The lowest BCUT2D eigenvalue weighted by Gasteiger charge is -2.29. The van der Waals surface area contributed by atoms with Gasteiger partial charge in [0.05, 0.1) is 0 Å². The fraction of sp³-hybridized carbons (Fsp3) is 1.00. The van der Waals surface area contributed by atoms with E-state index < -0.39 is 0 Å². The Morgan fingerprint density at radius 3 is 2.15 bits per heavy atom. The Hall–Kier alpha value is -0.120. The first-order chi connectivity index (χ1) is 9.49. The van der Waals surface area contributed by atoms with Gasteiger partial charge in [-0.05, 0) is 65.5 Å². The van der Waals surface area contributed by atoms with Crippen LogP contribution in [0.3, 0.4) is 0 Å². The van der Waals surface area contributed by atoms with Gasteiger partial charge in [-0.2, -0.15) is 0 Å². The zero-order valence-corrected chi connectivity index (χ0v) is 13.9. The Balaban J connectivity index is 1.55. The molecule has 0 aliphatic carbocycles. The van der Waals surface area contributed by atoms with Crippen molar-refractivity contribution in [2.24, 2.45) is 5.41 Å². The van der Waals surface area contributed by atoms with Crippen LogP contribution in [0.25, 0.3) is 0 Å². The zero-order chi connectivity index (χ0) is 14.3. The fourth-order valence-corrected chi connectivity index (χ4v) is 4.56. The zero-order valence-electron chi connectivity index (χ0n) is 13.9. The van der Waals surface area contributed by atoms with Gasteiger partial charge in [-0.3, -0.25) is 9.80 Å². The molecule has 0 aromatic rings. The van der Waals surface area contributed by atoms with E-state index in [1.54, 1.807) is 0 Å². The van der Waals surface area contributed by atoms with E-state index in [1.807, 2.05) is 0 Å². The molecular weight excluding hydrogens is 246 g/mol. The van der Waals surface area contributed by atoms with Crippen LogP contribution in [0.4, 0.5) is 0 Å². The van der Waals surface area contributed by atoms with E-state index >= 15 is 0 Å². The maximum absolute atomic E-state index is 2.83. The molecule has 3 aliphatic rings. The van der Waals surface area contributed by atoms with Gasteiger partial charge >= 0.3 is 0 Å². The number of hydrogen-bond acceptors (Lipinski definition) is 3. The van der Waals surface area contributed by atoms with Crippen molar-refractivity contribution in [1.82, 2.24) is 14.7 Å². The minimum absolute atomic E-state index is 0.634. The first-order valence-corrected chi connectivity index (χ1v) is 8.71. The molecule has 20 heavy (non-hydrogen) atoms. The van der Waals surface area contributed by atoms with E-state index in [-0.39, 0.29) is 0 Å². The normalized spacial score (nSPS) is 37.2. The second-order valence-electron chi connectivity index (χ2n) is 8.07. The van der Waals surface area contributed by atoms with E-state index in [9.17, 15) is 0 Å². The topological polar surface area (TPSA) is 9.72 Å². The minimum Gasteiger partial charge on any atom is -0.300 e. The van der Waals surface area contributed by atoms with Crippen LogP contribution in [0.1, 0.15) is 47.0 Å². The minimum atomic E-state index is 0.634. The summed E-state index contributed by atoms with van der Waals surface area (Å²) in [5.41, 5.74) is 0.634. The van der Waals surface area contributed by atoms with E-state index in [1.165, 1.54) is 58.5 Å². The van der Waals surface area contributed by atoms with E-state index in [2.05, 4.69) is 42.4 Å². The van der Waals surface area contributed by atoms with Crippen LogP contribution in [0.5, 0.6) is 0 Å². The van der Waals surface area contributed by atoms with Gasteiger partial charge in [-0.1, -0.05) is 0 Å². The summed E-state index contributed by atoms with van der Waals surface area (Å²) in [7, 11) is 0. The summed E-state index contributed by atoms with van der Waals surface area (Å²) in [4.78, 5) is 8.18. The Morgan fingerprint density at radius 2 is 1.55 bits per heavy atom. The van der Waals surface area contributed by atoms with Crippen molar-refractivity contribution in [2.75, 3.05) is 39.3 Å². The van der Waals surface area contributed by atoms with Crippen molar-refractivity contribution < 1.29 is 0 Å². The molecule has 0 aromatic carbocycles. The van der Waals surface area contributed by atoms with Crippen LogP contribution >= 0.6 is 0 Å². The highest BCUT2D eigenvalue weighted by Gasteiger charge is 2.46. The quantitative estimate of drug-likeness (QED) is 0.785. The van der Waals surface area contributed by atoms with Gasteiger partial charge in [0.1, 0.15) is 0 Å². The summed E-state index contributed by atoms with van der Waals surface area (Å²) in [6, 6.07) is 2.29. The van der Waals surface area contributed by atoms with Gasteiger partial charge in [0.25, 0.3) is 0 Å². The molecule has 0 amide bonds. The van der Waals surface area contributed by atoms with E-state index in [4.69, 9.17) is 0 Å². The molecule has 0 N–H and O–H groups in total. The van der Waals surface area contributed by atoms with Gasteiger partial charge < -0.3 is 4.90 Å². The van der Waals surface area contributed by atoms with Crippen LogP contribution < -0.4 is 0 Å². The number of likely N-dealkylation sites (tertiary alicyclic amines) is 3. The lowest BCUT2D eigenvalue weighted by molar-refractivity contribution is 0.181. The summed E-state index contributed by atoms with van der Waals surface area (Å²) in [5, 5.41) is 0. The maximum atomic E-state index is 2.83. The van der Waals surface area contributed by atoms with Gasteiger partial charge in [0.15, 0.2) is 0 Å². The third-order valence-electron chi connectivity index (χ3n) is 6.11. The predicted octanol–water partition coefficient (Wildman–Crippen LogP) is 2.28. The number of hydrogen-bond donors (Lipinski definition) is 0.